The number of carbonyl (C=O) groups is 3. The summed E-state index contributed by atoms with van der Waals surface area (Å²) in [5, 5.41) is 46.1. The third-order valence-corrected chi connectivity index (χ3v) is 24.1. The number of rotatable bonds is 21. The Kier molecular flexibility index (Phi) is 28.0. The van der Waals surface area contributed by atoms with Crippen molar-refractivity contribution in [3.05, 3.63) is 200 Å². The third kappa shape index (κ3) is 24.0. The first kappa shape index (κ1) is 79.0. The van der Waals surface area contributed by atoms with E-state index in [-0.39, 0.29) is 108 Å². The molecule has 6 N–H and O–H groups in total. The number of urea groups is 3. The monoisotopic (exact) mass is 1610 g/mol. The zero-order valence-electron chi connectivity index (χ0n) is 63.1. The van der Waals surface area contributed by atoms with Crippen LogP contribution in [0.5, 0.6) is 34.5 Å². The zero-order chi connectivity index (χ0) is 81.2. The van der Waals surface area contributed by atoms with E-state index in [0.717, 1.165) is 48.2 Å². The Bertz CT molecular complexity index is 5070. The second-order valence-electron chi connectivity index (χ2n) is 26.1. The Morgan fingerprint density at radius 3 is 1.36 bits per heavy atom. The summed E-state index contributed by atoms with van der Waals surface area (Å²) >= 11 is 18.3. The molecule has 4 aliphatic heterocycles. The molecule has 7 aromatic rings. The molecule has 0 aliphatic carbocycles. The maximum absolute atomic E-state index is 13.7. The van der Waals surface area contributed by atoms with Crippen LogP contribution in [0, 0.1) is 60.6 Å². The fourth-order valence-corrected chi connectivity index (χ4v) is 17.7. The number of carbonyl (C=O) groups excluding carboxylic acids is 3. The fraction of sp³-hybridized carbons (Fsp3) is 0.342. The summed E-state index contributed by atoms with van der Waals surface area (Å²) in [6, 6.07) is 30.8. The van der Waals surface area contributed by atoms with E-state index >= 15 is 0 Å². The van der Waals surface area contributed by atoms with Crippen molar-refractivity contribution in [3.8, 4) is 52.7 Å². The van der Waals surface area contributed by atoms with E-state index in [2.05, 4.69) is 55.3 Å². The van der Waals surface area contributed by atoms with Crippen molar-refractivity contribution < 1.29 is 62.4 Å². The number of ether oxygens (including phenoxy) is 3. The lowest BCUT2D eigenvalue weighted by molar-refractivity contribution is 0.154. The Labute approximate surface area is 654 Å². The summed E-state index contributed by atoms with van der Waals surface area (Å²) in [5.74, 6) is 0.120. The SMILES string of the molecule is Cc1cc(Cl)cc(Oc2ccc(C#N)cc2S(=O)(=O)N2CCC(NC(=O)NCCN3CCN(C)CC3)CC2)c1.Cc1cc(Cl)cc(Oc2ccc(C#N)cc2S(=O)(=O)N2CCC(NC(=O)Nc3cccc(F)c3)CC2)c1.[2H]c1c([2H])c(Oc2cc(C)cc(Cl)c2)c(S(=O)(=O)N2CCC(NC(=O)NCC=C)CC2)c([2H])c1C#N. The fourth-order valence-electron chi connectivity index (χ4n) is 12.2. The van der Waals surface area contributed by atoms with Crippen LogP contribution >= 0.6 is 34.8 Å². The standard InChI is InChI=1S/C27H35ClN6O4S.C26H24ClFN4O4S.C23H25ClN4O4S/c1-20-15-22(28)18-24(16-20)38-25-4-3-21(19-29)17-26(25)39(36,37)34-8-5-23(6-9-34)31-27(35)30-7-10-33-13-11-32(2)12-14-33;1-17-11-19(27)14-23(12-17)36-24-6-5-18(16-29)13-25(24)37(34,35)32-9-7-21(8-10-32)30-26(33)31-22-4-2-3-20(28)15-22;1-3-8-26-23(29)27-19-6-9-28(10-7-19)33(30,31)22-13-17(15-25)4-5-21(22)32-20-12-16(2)11-18(24)14-20/h3-4,15-18,23H,5-14H2,1-2H3,(H2,30,31,35);2-6,11-15,21H,7-10H2,1H3,(H2,30,31,33);3-5,11-14,19H,1,6-10H2,2H3,(H2,26,27,29)/i;;4D,5D,13D. The molecule has 11 rings (SSSR count). The van der Waals surface area contributed by atoms with Gasteiger partial charge >= 0.3 is 18.1 Å². The third-order valence-electron chi connectivity index (χ3n) is 17.7. The molecule has 0 spiro atoms. The van der Waals surface area contributed by atoms with Gasteiger partial charge in [-0.15, -0.1) is 6.58 Å². The van der Waals surface area contributed by atoms with Crippen molar-refractivity contribution in [2.75, 3.05) is 97.4 Å². The number of aryl methyl sites for hydroxylation is 3. The molecule has 576 valence electrons. The van der Waals surface area contributed by atoms with Crippen LogP contribution in [0.25, 0.3) is 0 Å². The molecule has 0 aromatic heterocycles. The average molecular weight is 1610 g/mol. The van der Waals surface area contributed by atoms with Crippen molar-refractivity contribution in [2.24, 2.45) is 0 Å². The van der Waals surface area contributed by atoms with Gasteiger partial charge in [-0.1, -0.05) is 46.9 Å². The van der Waals surface area contributed by atoms with Crippen LogP contribution in [0.4, 0.5) is 24.5 Å². The minimum Gasteiger partial charge on any atom is -0.456 e. The Hall–Kier alpha value is -9.59. The summed E-state index contributed by atoms with van der Waals surface area (Å²) in [5.41, 5.74) is 2.60. The summed E-state index contributed by atoms with van der Waals surface area (Å²) in [6.07, 6.45) is 3.87. The number of sulfonamides is 3. The van der Waals surface area contributed by atoms with Gasteiger partial charge in [-0.3, -0.25) is 4.90 Å². The molecule has 6 amide bonds. The Morgan fingerprint density at radius 2 is 0.945 bits per heavy atom. The van der Waals surface area contributed by atoms with Crippen LogP contribution in [-0.4, -0.2) is 176 Å². The highest BCUT2D eigenvalue weighted by Crippen LogP contribution is 2.38. The first-order chi connectivity index (χ1) is 53.3. The number of piperidine rings is 3. The topological polar surface area (TPSA) is 341 Å². The second-order valence-corrected chi connectivity index (χ2v) is 33.1. The molecular formula is C76H84Cl3FN14O12S3. The number of halogens is 4. The average Bonchev–Trinajstić information content (AvgIpc) is 0.742. The van der Waals surface area contributed by atoms with E-state index in [1.165, 1.54) is 75.4 Å². The molecule has 7 aromatic carbocycles. The number of piperazine rings is 1. The van der Waals surface area contributed by atoms with Gasteiger partial charge in [0.25, 0.3) is 0 Å². The Morgan fingerprint density at radius 1 is 0.532 bits per heavy atom. The lowest BCUT2D eigenvalue weighted by Crippen LogP contribution is -2.51. The van der Waals surface area contributed by atoms with Gasteiger partial charge < -0.3 is 51.0 Å². The molecule has 4 heterocycles. The van der Waals surface area contributed by atoms with Crippen LogP contribution in [0.15, 0.2) is 161 Å². The van der Waals surface area contributed by atoms with Gasteiger partial charge in [-0.2, -0.15) is 28.7 Å². The molecule has 0 saturated carbocycles. The van der Waals surface area contributed by atoms with Gasteiger partial charge in [0.2, 0.25) is 30.1 Å². The predicted octanol–water partition coefficient (Wildman–Crippen LogP) is 12.4. The van der Waals surface area contributed by atoms with Gasteiger partial charge in [-0.25, -0.2) is 44.0 Å². The van der Waals surface area contributed by atoms with E-state index in [1.54, 1.807) is 67.6 Å². The summed E-state index contributed by atoms with van der Waals surface area (Å²) < 4.78 is 141. The smallest absolute Gasteiger partial charge is 0.319 e. The first-order valence-electron chi connectivity index (χ1n) is 36.2. The second kappa shape index (κ2) is 38.7. The highest BCUT2D eigenvalue weighted by molar-refractivity contribution is 7.89. The largest absolute Gasteiger partial charge is 0.456 e. The number of nitrogens with one attached hydrogen (secondary N) is 6. The van der Waals surface area contributed by atoms with Gasteiger partial charge in [0.1, 0.15) is 55.0 Å². The van der Waals surface area contributed by atoms with Gasteiger partial charge in [-0.05, 0) is 210 Å². The molecule has 0 radical (unpaired) electrons. The summed E-state index contributed by atoms with van der Waals surface area (Å²) in [6.45, 7) is 15.5. The number of nitrogens with zero attached hydrogens (tertiary/aromatic N) is 8. The van der Waals surface area contributed by atoms with E-state index in [0.29, 0.717) is 89.4 Å². The van der Waals surface area contributed by atoms with Gasteiger partial charge in [0.05, 0.1) is 39.0 Å². The predicted molar refractivity (Wildman–Crippen MR) is 413 cm³/mol. The number of hydrogen-bond donors (Lipinski definition) is 6. The molecule has 4 fully saturated rings. The van der Waals surface area contributed by atoms with E-state index in [9.17, 15) is 59.8 Å². The van der Waals surface area contributed by atoms with Crippen LogP contribution < -0.4 is 46.1 Å². The zero-order valence-corrected chi connectivity index (χ0v) is 64.9. The van der Waals surface area contributed by atoms with Crippen molar-refractivity contribution in [1.82, 2.24) is 49.3 Å². The minimum atomic E-state index is -4.41. The van der Waals surface area contributed by atoms with Crippen molar-refractivity contribution in [2.45, 2.75) is 92.1 Å². The van der Waals surface area contributed by atoms with Gasteiger partial charge in [0, 0.05) is 124 Å². The first-order valence-corrected chi connectivity index (χ1v) is 40.1. The lowest BCUT2D eigenvalue weighted by Gasteiger charge is -2.33. The van der Waals surface area contributed by atoms with Crippen LogP contribution in [0.1, 0.15) is 76.0 Å². The lowest BCUT2D eigenvalue weighted by atomic mass is 10.1. The molecule has 0 atom stereocenters. The number of hydrogen-bond acceptors (Lipinski definition) is 17. The number of anilines is 1. The number of benzene rings is 7. The van der Waals surface area contributed by atoms with E-state index in [4.69, 9.17) is 53.1 Å². The normalized spacial score (nSPS) is 16.2. The molecule has 4 aliphatic rings. The maximum Gasteiger partial charge on any atom is 0.319 e. The van der Waals surface area contributed by atoms with Crippen LogP contribution in [-0.2, 0) is 30.1 Å². The molecule has 4 saturated heterocycles. The highest BCUT2D eigenvalue weighted by atomic mass is 35.5. The van der Waals surface area contributed by atoms with Crippen molar-refractivity contribution in [3.63, 3.8) is 0 Å². The van der Waals surface area contributed by atoms with Crippen molar-refractivity contribution >= 4 is 88.7 Å². The maximum atomic E-state index is 13.7. The number of likely N-dealkylation sites (N-methyl/N-ethyl adjacent to an activating group) is 1. The van der Waals surface area contributed by atoms with E-state index in [1.807, 2.05) is 26.0 Å². The molecule has 0 unspecified atom stereocenters. The summed E-state index contributed by atoms with van der Waals surface area (Å²) in [7, 11) is -10.3. The number of nitriles is 3. The quantitative estimate of drug-likeness (QED) is 0.0364. The molecule has 26 nitrogen and oxygen atoms in total. The Balaban J connectivity index is 0.000000193. The molecule has 33 heteroatoms. The highest BCUT2D eigenvalue weighted by Gasteiger charge is 2.36. The molecule has 0 bridgehead atoms. The van der Waals surface area contributed by atoms with Crippen LogP contribution in [0.3, 0.4) is 0 Å². The van der Waals surface area contributed by atoms with Crippen LogP contribution in [0.2, 0.25) is 15.1 Å². The molecule has 109 heavy (non-hydrogen) atoms. The minimum absolute atomic E-state index is 0.0295. The van der Waals surface area contributed by atoms with Crippen molar-refractivity contribution in [1.29, 1.82) is 15.8 Å². The van der Waals surface area contributed by atoms with Gasteiger partial charge in [0.15, 0.2) is 0 Å². The number of amides is 6. The van der Waals surface area contributed by atoms with E-state index < -0.39 is 76.3 Å². The molecular weight excluding hydrogens is 1520 g/mol. The summed E-state index contributed by atoms with van der Waals surface area (Å²) in [4.78, 5) is 40.4.